The number of amides is 1. The molecule has 1 atom stereocenters. The van der Waals surface area contributed by atoms with Crippen molar-refractivity contribution in [1.82, 2.24) is 5.32 Å². The van der Waals surface area contributed by atoms with Gasteiger partial charge in [-0.1, -0.05) is 30.3 Å². The van der Waals surface area contributed by atoms with E-state index in [1.165, 1.54) is 0 Å². The molecule has 2 aromatic carbocycles. The Bertz CT molecular complexity index is 947. The molecule has 0 aliphatic rings. The molecule has 0 aliphatic carbocycles. The number of hydrogen-bond acceptors (Lipinski definition) is 4. The molecule has 0 fully saturated rings. The first-order chi connectivity index (χ1) is 13.1. The second-order valence-electron chi connectivity index (χ2n) is 6.05. The molecule has 3 aromatic rings. The second kappa shape index (κ2) is 8.68. The van der Waals surface area contributed by atoms with Crippen molar-refractivity contribution < 1.29 is 18.2 Å². The van der Waals surface area contributed by atoms with E-state index in [0.29, 0.717) is 12.3 Å². The Morgan fingerprint density at radius 3 is 2.52 bits per heavy atom. The van der Waals surface area contributed by atoms with Gasteiger partial charge < -0.3 is 14.5 Å². The summed E-state index contributed by atoms with van der Waals surface area (Å²) in [5.74, 6) is 1.42. The number of ether oxygens (including phenoxy) is 1. The first-order valence-electron chi connectivity index (χ1n) is 8.50. The molecule has 1 aromatic heterocycles. The molecule has 27 heavy (non-hydrogen) atoms. The van der Waals surface area contributed by atoms with Crippen LogP contribution in [0.3, 0.4) is 0 Å². The molecule has 0 saturated heterocycles. The summed E-state index contributed by atoms with van der Waals surface area (Å²) in [7, 11) is 0.389. The average Bonchev–Trinajstić information content (AvgIpc) is 3.15. The third-order valence-corrected chi connectivity index (χ3v) is 5.61. The Morgan fingerprint density at radius 1 is 1.07 bits per heavy atom. The summed E-state index contributed by atoms with van der Waals surface area (Å²) in [6.07, 6.45) is 0. The van der Waals surface area contributed by atoms with E-state index >= 15 is 0 Å². The summed E-state index contributed by atoms with van der Waals surface area (Å²) < 4.78 is 23.2. The van der Waals surface area contributed by atoms with Gasteiger partial charge in [-0.25, -0.2) is 0 Å². The monoisotopic (exact) mass is 383 g/mol. The fourth-order valence-electron chi connectivity index (χ4n) is 2.61. The van der Waals surface area contributed by atoms with Crippen molar-refractivity contribution in [3.63, 3.8) is 0 Å². The van der Waals surface area contributed by atoms with Crippen LogP contribution in [-0.4, -0.2) is 17.2 Å². The van der Waals surface area contributed by atoms with Crippen LogP contribution in [-0.2, 0) is 23.1 Å². The van der Waals surface area contributed by atoms with Gasteiger partial charge in [-0.2, -0.15) is 0 Å². The maximum absolute atomic E-state index is 12.5. The largest absolute Gasteiger partial charge is 0.497 e. The van der Waals surface area contributed by atoms with Gasteiger partial charge in [0.25, 0.3) is 5.91 Å². The highest BCUT2D eigenvalue weighted by atomic mass is 32.2. The van der Waals surface area contributed by atoms with Crippen molar-refractivity contribution in [3.8, 4) is 5.75 Å². The van der Waals surface area contributed by atoms with Gasteiger partial charge in [-0.3, -0.25) is 9.00 Å². The number of furan rings is 1. The molecule has 1 heterocycles. The molecule has 5 nitrogen and oxygen atoms in total. The number of methoxy groups -OCH3 is 1. The number of carbonyl (C=O) groups excluding carboxylic acids is 1. The lowest BCUT2D eigenvalue weighted by atomic mass is 10.2. The zero-order chi connectivity index (χ0) is 19.2. The lowest BCUT2D eigenvalue weighted by Gasteiger charge is -2.05. The molecular weight excluding hydrogens is 362 g/mol. The number of hydrogen-bond donors (Lipinski definition) is 1. The van der Waals surface area contributed by atoms with Crippen LogP contribution in [0.5, 0.6) is 5.75 Å². The zero-order valence-corrected chi connectivity index (χ0v) is 16.0. The summed E-state index contributed by atoms with van der Waals surface area (Å²) in [6, 6.07) is 18.3. The predicted octanol–water partition coefficient (Wildman–Crippen LogP) is 3.83. The highest BCUT2D eigenvalue weighted by Gasteiger charge is 2.14. The molecule has 1 amide bonds. The minimum Gasteiger partial charge on any atom is -0.497 e. The van der Waals surface area contributed by atoms with Crippen molar-refractivity contribution in [3.05, 3.63) is 83.3 Å². The molecular formula is C21H21NO4S. The average molecular weight is 383 g/mol. The van der Waals surface area contributed by atoms with E-state index in [1.807, 2.05) is 55.5 Å². The SMILES string of the molecule is COc1ccc(CNC(=O)c2ccc(C[S@](=O)c3ccccc3C)o2)cc1. The summed E-state index contributed by atoms with van der Waals surface area (Å²) in [4.78, 5) is 13.0. The number of rotatable bonds is 7. The third-order valence-electron chi connectivity index (χ3n) is 4.11. The van der Waals surface area contributed by atoms with Crippen molar-refractivity contribution in [2.75, 3.05) is 7.11 Å². The van der Waals surface area contributed by atoms with E-state index in [2.05, 4.69) is 5.32 Å². The minimum atomic E-state index is -1.22. The molecule has 140 valence electrons. The van der Waals surface area contributed by atoms with E-state index in [0.717, 1.165) is 21.8 Å². The van der Waals surface area contributed by atoms with Crippen LogP contribution >= 0.6 is 0 Å². The quantitative estimate of drug-likeness (QED) is 0.673. The normalized spacial score (nSPS) is 11.8. The molecule has 0 unspecified atom stereocenters. The van der Waals surface area contributed by atoms with Gasteiger partial charge in [-0.05, 0) is 48.4 Å². The maximum atomic E-state index is 12.5. The molecule has 6 heteroatoms. The lowest BCUT2D eigenvalue weighted by molar-refractivity contribution is 0.0921. The van der Waals surface area contributed by atoms with Crippen LogP contribution in [0.25, 0.3) is 0 Å². The number of nitrogens with one attached hydrogen (secondary N) is 1. The Morgan fingerprint density at radius 2 is 1.81 bits per heavy atom. The van der Waals surface area contributed by atoms with Crippen LogP contribution in [0.2, 0.25) is 0 Å². The number of benzene rings is 2. The summed E-state index contributed by atoms with van der Waals surface area (Å²) in [5.41, 5.74) is 1.93. The smallest absolute Gasteiger partial charge is 0.287 e. The van der Waals surface area contributed by atoms with Crippen LogP contribution in [0.4, 0.5) is 0 Å². The zero-order valence-electron chi connectivity index (χ0n) is 15.2. The molecule has 0 aliphatic heterocycles. The van der Waals surface area contributed by atoms with E-state index in [1.54, 1.807) is 19.2 Å². The highest BCUT2D eigenvalue weighted by Crippen LogP contribution is 2.18. The topological polar surface area (TPSA) is 68.5 Å². The summed E-state index contributed by atoms with van der Waals surface area (Å²) >= 11 is 0. The maximum Gasteiger partial charge on any atom is 0.287 e. The fourth-order valence-corrected chi connectivity index (χ4v) is 3.84. The van der Waals surface area contributed by atoms with Gasteiger partial charge in [-0.15, -0.1) is 0 Å². The van der Waals surface area contributed by atoms with Gasteiger partial charge in [0.2, 0.25) is 0 Å². The van der Waals surface area contributed by atoms with Crippen LogP contribution in [0, 0.1) is 6.92 Å². The molecule has 3 rings (SSSR count). The van der Waals surface area contributed by atoms with E-state index in [9.17, 15) is 9.00 Å². The summed E-state index contributed by atoms with van der Waals surface area (Å²) in [6.45, 7) is 2.31. The molecule has 0 saturated carbocycles. The Labute approximate surface area is 160 Å². The second-order valence-corrected chi connectivity index (χ2v) is 7.47. The van der Waals surface area contributed by atoms with Crippen molar-refractivity contribution in [1.29, 1.82) is 0 Å². The lowest BCUT2D eigenvalue weighted by Crippen LogP contribution is -2.22. The third kappa shape index (κ3) is 4.86. The van der Waals surface area contributed by atoms with E-state index < -0.39 is 10.8 Å². The van der Waals surface area contributed by atoms with Crippen molar-refractivity contribution in [2.45, 2.75) is 24.1 Å². The Hall–Kier alpha value is -2.86. The first kappa shape index (κ1) is 18.9. The summed E-state index contributed by atoms with van der Waals surface area (Å²) in [5, 5.41) is 2.81. The molecule has 0 spiro atoms. The molecule has 0 bridgehead atoms. The number of aryl methyl sites for hydroxylation is 1. The van der Waals surface area contributed by atoms with E-state index in [-0.39, 0.29) is 17.4 Å². The van der Waals surface area contributed by atoms with E-state index in [4.69, 9.17) is 9.15 Å². The standard InChI is InChI=1S/C21H21NO4S/c1-15-5-3-4-6-20(15)27(24)14-18-11-12-19(26-18)21(23)22-13-16-7-9-17(25-2)10-8-16/h3-12H,13-14H2,1-2H3,(H,22,23)/t27-/m0/s1. The minimum absolute atomic E-state index is 0.209. The van der Waals surface area contributed by atoms with Gasteiger partial charge in [0.1, 0.15) is 11.5 Å². The predicted molar refractivity (Wildman–Crippen MR) is 104 cm³/mol. The number of carbonyl (C=O) groups is 1. The fraction of sp³-hybridized carbons (Fsp3) is 0.190. The van der Waals surface area contributed by atoms with Gasteiger partial charge in [0.05, 0.1) is 23.7 Å². The molecule has 0 radical (unpaired) electrons. The van der Waals surface area contributed by atoms with Crippen molar-refractivity contribution >= 4 is 16.7 Å². The van der Waals surface area contributed by atoms with Crippen LogP contribution < -0.4 is 10.1 Å². The van der Waals surface area contributed by atoms with Gasteiger partial charge >= 0.3 is 0 Å². The van der Waals surface area contributed by atoms with Gasteiger partial charge in [0.15, 0.2) is 5.76 Å². The highest BCUT2D eigenvalue weighted by molar-refractivity contribution is 7.84. The Kier molecular flexibility index (Phi) is 6.08. The van der Waals surface area contributed by atoms with Crippen molar-refractivity contribution in [2.24, 2.45) is 0 Å². The Balaban J connectivity index is 1.58. The van der Waals surface area contributed by atoms with Crippen LogP contribution in [0.15, 0.2) is 70.0 Å². The molecule has 1 N–H and O–H groups in total. The van der Waals surface area contributed by atoms with Crippen LogP contribution in [0.1, 0.15) is 27.4 Å². The first-order valence-corrected chi connectivity index (χ1v) is 9.82. The van der Waals surface area contributed by atoms with Gasteiger partial charge in [0, 0.05) is 11.4 Å².